The Morgan fingerprint density at radius 1 is 1.30 bits per heavy atom. The van der Waals surface area contributed by atoms with Crippen LogP contribution in [0, 0.1) is 6.92 Å². The van der Waals surface area contributed by atoms with Crippen molar-refractivity contribution >= 4 is 41.6 Å². The number of benzene rings is 1. The second kappa shape index (κ2) is 6.01. The first-order valence-electron chi connectivity index (χ1n) is 5.82. The second-order valence-electron chi connectivity index (χ2n) is 4.21. The van der Waals surface area contributed by atoms with Crippen LogP contribution in [0.2, 0.25) is 0 Å². The zero-order valence-electron chi connectivity index (χ0n) is 11.0. The van der Waals surface area contributed by atoms with Gasteiger partial charge in [0.05, 0.1) is 4.21 Å². The van der Waals surface area contributed by atoms with Gasteiger partial charge in [-0.25, -0.2) is 4.79 Å². The quantitative estimate of drug-likeness (QED) is 0.593. The maximum atomic E-state index is 11.1. The number of hydrogen-bond donors (Lipinski definition) is 3. The van der Waals surface area contributed by atoms with E-state index < -0.39 is 13.1 Å². The summed E-state index contributed by atoms with van der Waals surface area (Å²) in [5, 5.41) is 27.8. The Balaban J connectivity index is 2.62. The van der Waals surface area contributed by atoms with E-state index in [0.29, 0.717) is 5.46 Å². The van der Waals surface area contributed by atoms with Crippen molar-refractivity contribution in [3.63, 3.8) is 0 Å². The third kappa shape index (κ3) is 2.76. The fourth-order valence-corrected chi connectivity index (χ4v) is 3.78. The Bertz CT molecular complexity index is 652. The SMILES string of the molecule is CSc1sc(C(=O)O)cc1-c1cccc(B(O)O)c1C. The van der Waals surface area contributed by atoms with Crippen LogP contribution in [0.4, 0.5) is 0 Å². The summed E-state index contributed by atoms with van der Waals surface area (Å²) in [6.45, 7) is 1.80. The average molecular weight is 308 g/mol. The summed E-state index contributed by atoms with van der Waals surface area (Å²) in [6.07, 6.45) is 1.89. The minimum Gasteiger partial charge on any atom is -0.477 e. The molecule has 0 radical (unpaired) electrons. The predicted octanol–water partition coefficient (Wildman–Crippen LogP) is 1.82. The van der Waals surface area contributed by atoms with E-state index >= 15 is 0 Å². The van der Waals surface area contributed by atoms with Crippen LogP contribution in [-0.4, -0.2) is 34.5 Å². The van der Waals surface area contributed by atoms with Gasteiger partial charge >= 0.3 is 13.1 Å². The molecule has 0 spiro atoms. The van der Waals surface area contributed by atoms with Crippen molar-refractivity contribution < 1.29 is 19.9 Å². The first kappa shape index (κ1) is 15.1. The van der Waals surface area contributed by atoms with Crippen molar-refractivity contribution in [1.82, 2.24) is 0 Å². The Labute approximate surface area is 125 Å². The van der Waals surface area contributed by atoms with E-state index in [1.165, 1.54) is 23.1 Å². The summed E-state index contributed by atoms with van der Waals surface area (Å²) >= 11 is 2.71. The van der Waals surface area contributed by atoms with Crippen molar-refractivity contribution in [1.29, 1.82) is 0 Å². The first-order valence-corrected chi connectivity index (χ1v) is 7.87. The molecule has 2 aromatic rings. The van der Waals surface area contributed by atoms with Crippen molar-refractivity contribution in [3.8, 4) is 11.1 Å². The summed E-state index contributed by atoms with van der Waals surface area (Å²) < 4.78 is 0.898. The molecule has 3 N–H and O–H groups in total. The van der Waals surface area contributed by atoms with Gasteiger partial charge in [0.2, 0.25) is 0 Å². The molecule has 0 fully saturated rings. The van der Waals surface area contributed by atoms with Crippen LogP contribution >= 0.6 is 23.1 Å². The van der Waals surface area contributed by atoms with Crippen LogP contribution in [0.1, 0.15) is 15.2 Å². The molecule has 0 aliphatic heterocycles. The van der Waals surface area contributed by atoms with Gasteiger partial charge in [0, 0.05) is 5.56 Å². The molecule has 0 saturated carbocycles. The largest absolute Gasteiger partial charge is 0.488 e. The molecule has 0 saturated heterocycles. The molecule has 0 unspecified atom stereocenters. The molecule has 0 aliphatic rings. The lowest BCUT2D eigenvalue weighted by Crippen LogP contribution is -2.32. The van der Waals surface area contributed by atoms with Gasteiger partial charge in [-0.15, -0.1) is 23.1 Å². The number of carboxylic acid groups (broad SMARTS) is 1. The highest BCUT2D eigenvalue weighted by Gasteiger charge is 2.20. The Morgan fingerprint density at radius 3 is 2.55 bits per heavy atom. The molecule has 7 heteroatoms. The number of thiophene rings is 1. The number of carboxylic acids is 1. The molecule has 0 aliphatic carbocycles. The number of aromatic carboxylic acids is 1. The molecule has 4 nitrogen and oxygen atoms in total. The van der Waals surface area contributed by atoms with Crippen LogP contribution in [0.3, 0.4) is 0 Å². The highest BCUT2D eigenvalue weighted by Crippen LogP contribution is 2.38. The average Bonchev–Trinajstić information content (AvgIpc) is 2.82. The molecule has 1 aromatic carbocycles. The minimum absolute atomic E-state index is 0.277. The van der Waals surface area contributed by atoms with Crippen LogP contribution < -0.4 is 5.46 Å². The monoisotopic (exact) mass is 308 g/mol. The van der Waals surface area contributed by atoms with Crippen molar-refractivity contribution in [3.05, 3.63) is 34.7 Å². The van der Waals surface area contributed by atoms with Gasteiger partial charge in [-0.1, -0.05) is 18.2 Å². The normalized spacial score (nSPS) is 10.6. The van der Waals surface area contributed by atoms with E-state index in [9.17, 15) is 14.8 Å². The van der Waals surface area contributed by atoms with Crippen LogP contribution in [-0.2, 0) is 0 Å². The first-order chi connectivity index (χ1) is 9.45. The fraction of sp³-hybridized carbons (Fsp3) is 0.154. The van der Waals surface area contributed by atoms with Crippen LogP contribution in [0.15, 0.2) is 28.5 Å². The summed E-state index contributed by atoms with van der Waals surface area (Å²) in [5.74, 6) is -0.951. The maximum Gasteiger partial charge on any atom is 0.488 e. The molecule has 104 valence electrons. The van der Waals surface area contributed by atoms with Crippen LogP contribution in [0.5, 0.6) is 0 Å². The van der Waals surface area contributed by atoms with E-state index in [4.69, 9.17) is 5.11 Å². The Morgan fingerprint density at radius 2 is 2.00 bits per heavy atom. The molecular formula is C13H13BO4S2. The molecular weight excluding hydrogens is 295 g/mol. The Kier molecular flexibility index (Phi) is 4.54. The lowest BCUT2D eigenvalue weighted by atomic mass is 9.75. The van der Waals surface area contributed by atoms with Gasteiger partial charge in [-0.3, -0.25) is 0 Å². The second-order valence-corrected chi connectivity index (χ2v) is 6.34. The highest BCUT2D eigenvalue weighted by molar-refractivity contribution is 8.00. The van der Waals surface area contributed by atoms with Gasteiger partial charge < -0.3 is 15.2 Å². The topological polar surface area (TPSA) is 77.8 Å². The molecule has 1 aromatic heterocycles. The summed E-state index contributed by atoms with van der Waals surface area (Å²) in [5.41, 5.74) is 2.81. The van der Waals surface area contributed by atoms with Crippen molar-refractivity contribution in [2.75, 3.05) is 6.26 Å². The predicted molar refractivity (Wildman–Crippen MR) is 83.1 cm³/mol. The molecule has 1 heterocycles. The number of hydrogen-bond acceptors (Lipinski definition) is 5. The third-order valence-corrected chi connectivity index (χ3v) is 5.30. The van der Waals surface area contributed by atoms with Crippen molar-refractivity contribution in [2.24, 2.45) is 0 Å². The third-order valence-electron chi connectivity index (χ3n) is 3.04. The Hall–Kier alpha value is -1.28. The van der Waals surface area contributed by atoms with E-state index in [1.807, 2.05) is 12.3 Å². The van der Waals surface area contributed by atoms with Gasteiger partial charge in [0.1, 0.15) is 4.88 Å². The van der Waals surface area contributed by atoms with Gasteiger partial charge in [-0.2, -0.15) is 0 Å². The molecule has 2 rings (SSSR count). The van der Waals surface area contributed by atoms with E-state index in [2.05, 4.69) is 0 Å². The minimum atomic E-state index is -1.54. The number of carbonyl (C=O) groups is 1. The smallest absolute Gasteiger partial charge is 0.477 e. The van der Waals surface area contributed by atoms with Crippen LogP contribution in [0.25, 0.3) is 11.1 Å². The number of rotatable bonds is 4. The van der Waals surface area contributed by atoms with E-state index in [0.717, 1.165) is 20.9 Å². The molecule has 0 atom stereocenters. The number of thioether (sulfide) groups is 1. The summed E-state index contributed by atoms with van der Waals surface area (Å²) in [6, 6.07) is 6.87. The standard InChI is InChI=1S/C13H13BO4S2/c1-7-8(4-3-5-10(7)14(17)18)9-6-11(12(15)16)20-13(9)19-2/h3-6,17-18H,1-2H3,(H,15,16). The molecule has 20 heavy (non-hydrogen) atoms. The highest BCUT2D eigenvalue weighted by atomic mass is 32.2. The molecule has 0 amide bonds. The lowest BCUT2D eigenvalue weighted by molar-refractivity contribution is 0.0702. The fourth-order valence-electron chi connectivity index (χ4n) is 2.04. The maximum absolute atomic E-state index is 11.1. The van der Waals surface area contributed by atoms with E-state index in [-0.39, 0.29) is 4.88 Å². The molecule has 0 bridgehead atoms. The van der Waals surface area contributed by atoms with Gasteiger partial charge in [0.25, 0.3) is 0 Å². The zero-order chi connectivity index (χ0) is 14.9. The van der Waals surface area contributed by atoms with Gasteiger partial charge in [-0.05, 0) is 35.8 Å². The lowest BCUT2D eigenvalue weighted by Gasteiger charge is -2.10. The summed E-state index contributed by atoms with van der Waals surface area (Å²) in [4.78, 5) is 11.4. The van der Waals surface area contributed by atoms with Crippen molar-refractivity contribution in [2.45, 2.75) is 11.1 Å². The van der Waals surface area contributed by atoms with Gasteiger partial charge in [0.15, 0.2) is 0 Å². The summed E-state index contributed by atoms with van der Waals surface area (Å²) in [7, 11) is -1.54. The zero-order valence-corrected chi connectivity index (χ0v) is 12.6. The van der Waals surface area contributed by atoms with E-state index in [1.54, 1.807) is 25.1 Å².